The molecule has 0 saturated heterocycles. The van der Waals surface area contributed by atoms with Gasteiger partial charge in [-0.05, 0) is 48.0 Å². The van der Waals surface area contributed by atoms with E-state index >= 15 is 0 Å². The van der Waals surface area contributed by atoms with Gasteiger partial charge in [0.1, 0.15) is 5.69 Å². The molecule has 0 aliphatic carbocycles. The summed E-state index contributed by atoms with van der Waals surface area (Å²) >= 11 is 9.28. The van der Waals surface area contributed by atoms with Crippen molar-refractivity contribution >= 4 is 39.0 Å². The van der Waals surface area contributed by atoms with Crippen LogP contribution in [0, 0.1) is 0 Å². The minimum absolute atomic E-state index is 0.0850. The number of benzene rings is 1. The van der Waals surface area contributed by atoms with Crippen molar-refractivity contribution < 1.29 is 4.79 Å². The number of anilines is 1. The van der Waals surface area contributed by atoms with Gasteiger partial charge in [-0.3, -0.25) is 9.48 Å². The lowest BCUT2D eigenvalue weighted by molar-refractivity contribution is 0.102. The molecule has 1 heterocycles. The monoisotopic (exact) mass is 341 g/mol. The van der Waals surface area contributed by atoms with Crippen molar-refractivity contribution in [2.24, 2.45) is 0 Å². The van der Waals surface area contributed by atoms with Crippen molar-refractivity contribution in [3.63, 3.8) is 0 Å². The summed E-state index contributed by atoms with van der Waals surface area (Å²) in [4.78, 5) is 12.6. The van der Waals surface area contributed by atoms with E-state index in [0.717, 1.165) is 0 Å². The highest BCUT2D eigenvalue weighted by molar-refractivity contribution is 9.10. The Labute approximate surface area is 124 Å². The van der Waals surface area contributed by atoms with Gasteiger partial charge in [-0.2, -0.15) is 5.10 Å². The van der Waals surface area contributed by atoms with Crippen molar-refractivity contribution in [1.29, 1.82) is 0 Å². The van der Waals surface area contributed by atoms with E-state index in [-0.39, 0.29) is 11.8 Å². The summed E-state index contributed by atoms with van der Waals surface area (Å²) in [5.74, 6) is -0.160. The molecule has 0 fully saturated rings. The van der Waals surface area contributed by atoms with Crippen LogP contribution in [0.4, 0.5) is 5.69 Å². The highest BCUT2D eigenvalue weighted by Crippen LogP contribution is 2.25. The normalized spacial score (nSPS) is 11.0. The summed E-state index contributed by atoms with van der Waals surface area (Å²) in [6.45, 7) is 3.92. The Kier molecular flexibility index (Phi) is 3.96. The van der Waals surface area contributed by atoms with E-state index in [1.165, 1.54) is 0 Å². The fraction of sp³-hybridized carbons (Fsp3) is 0.231. The first-order chi connectivity index (χ1) is 8.90. The second-order valence-corrected chi connectivity index (χ2v) is 5.77. The first-order valence-electron chi connectivity index (χ1n) is 5.74. The van der Waals surface area contributed by atoms with Crippen LogP contribution in [0.1, 0.15) is 35.9 Å². The van der Waals surface area contributed by atoms with Crippen molar-refractivity contribution in [3.05, 3.63) is 45.1 Å². The van der Waals surface area contributed by atoms with Crippen molar-refractivity contribution in [2.45, 2.75) is 19.9 Å². The Morgan fingerprint density at radius 1 is 1.42 bits per heavy atom. The fourth-order valence-corrected chi connectivity index (χ4v) is 2.52. The molecule has 0 spiro atoms. The van der Waals surface area contributed by atoms with Crippen LogP contribution in [0.15, 0.2) is 28.9 Å². The minimum atomic E-state index is -0.160. The molecule has 4 nitrogen and oxygen atoms in total. The zero-order valence-corrected chi connectivity index (χ0v) is 12.9. The number of nitrogen functional groups attached to an aromatic ring is 1. The molecule has 0 aliphatic rings. The first kappa shape index (κ1) is 14.1. The molecule has 0 atom stereocenters. The third kappa shape index (κ3) is 2.82. The van der Waals surface area contributed by atoms with E-state index in [4.69, 9.17) is 17.3 Å². The van der Waals surface area contributed by atoms with Crippen LogP contribution in [0.3, 0.4) is 0 Å². The van der Waals surface area contributed by atoms with Gasteiger partial charge < -0.3 is 5.73 Å². The maximum absolute atomic E-state index is 12.6. The molecule has 1 aromatic carbocycles. The Morgan fingerprint density at radius 3 is 2.68 bits per heavy atom. The summed E-state index contributed by atoms with van der Waals surface area (Å²) in [5.41, 5.74) is 7.13. The second-order valence-electron chi connectivity index (χ2n) is 4.48. The molecule has 0 bridgehead atoms. The summed E-state index contributed by atoms with van der Waals surface area (Å²) in [5, 5.41) is 4.63. The molecule has 0 aliphatic heterocycles. The van der Waals surface area contributed by atoms with E-state index < -0.39 is 0 Å². The van der Waals surface area contributed by atoms with Crippen LogP contribution in [0.5, 0.6) is 0 Å². The molecule has 100 valence electrons. The number of rotatable bonds is 3. The molecule has 1 aromatic heterocycles. The first-order valence-corrected chi connectivity index (χ1v) is 6.91. The highest BCUT2D eigenvalue weighted by Gasteiger charge is 2.20. The molecule has 6 heteroatoms. The summed E-state index contributed by atoms with van der Waals surface area (Å²) in [6.07, 6.45) is 1.61. The van der Waals surface area contributed by atoms with Crippen LogP contribution < -0.4 is 5.73 Å². The standard InChI is InChI=1S/C13H13BrClN3O/c1-7(2)18-12(11(14)6-17-18)13(19)8-3-9(15)5-10(16)4-8/h3-7H,16H2,1-2H3. The molecule has 0 unspecified atom stereocenters. The van der Waals surface area contributed by atoms with E-state index in [0.29, 0.717) is 26.4 Å². The average molecular weight is 343 g/mol. The molecule has 19 heavy (non-hydrogen) atoms. The third-order valence-electron chi connectivity index (χ3n) is 2.64. The van der Waals surface area contributed by atoms with Gasteiger partial charge in [0.25, 0.3) is 0 Å². The fourth-order valence-electron chi connectivity index (χ4n) is 1.83. The van der Waals surface area contributed by atoms with Gasteiger partial charge in [-0.25, -0.2) is 0 Å². The Bertz CT molecular complexity index is 617. The number of hydrogen-bond donors (Lipinski definition) is 1. The molecule has 0 amide bonds. The van der Waals surface area contributed by atoms with E-state index in [9.17, 15) is 4.79 Å². The third-order valence-corrected chi connectivity index (χ3v) is 3.44. The molecule has 2 N–H and O–H groups in total. The predicted octanol–water partition coefficient (Wildman–Crippen LogP) is 3.69. The molecule has 2 rings (SSSR count). The lowest BCUT2D eigenvalue weighted by Gasteiger charge is -2.11. The molecular weight excluding hydrogens is 330 g/mol. The van der Waals surface area contributed by atoms with E-state index in [2.05, 4.69) is 21.0 Å². The molecular formula is C13H13BrClN3O. The van der Waals surface area contributed by atoms with Crippen molar-refractivity contribution in [2.75, 3.05) is 5.73 Å². The highest BCUT2D eigenvalue weighted by atomic mass is 79.9. The number of nitrogens with two attached hydrogens (primary N) is 1. The number of ketones is 1. The van der Waals surface area contributed by atoms with Crippen molar-refractivity contribution in [1.82, 2.24) is 9.78 Å². The zero-order chi connectivity index (χ0) is 14.2. The number of carbonyl (C=O) groups excluding carboxylic acids is 1. The summed E-state index contributed by atoms with van der Waals surface area (Å²) in [6, 6.07) is 4.90. The number of nitrogens with zero attached hydrogens (tertiary/aromatic N) is 2. The maximum atomic E-state index is 12.6. The Morgan fingerprint density at radius 2 is 2.11 bits per heavy atom. The quantitative estimate of drug-likeness (QED) is 0.683. The maximum Gasteiger partial charge on any atom is 0.212 e. The summed E-state index contributed by atoms with van der Waals surface area (Å²) in [7, 11) is 0. The van der Waals surface area contributed by atoms with E-state index in [1.807, 2.05) is 13.8 Å². The zero-order valence-electron chi connectivity index (χ0n) is 10.5. The van der Waals surface area contributed by atoms with Gasteiger partial charge in [0.2, 0.25) is 5.78 Å². The smallest absolute Gasteiger partial charge is 0.212 e. The van der Waals surface area contributed by atoms with Crippen LogP contribution in [-0.4, -0.2) is 15.6 Å². The van der Waals surface area contributed by atoms with Crippen molar-refractivity contribution in [3.8, 4) is 0 Å². The van der Waals surface area contributed by atoms with Gasteiger partial charge in [0, 0.05) is 22.3 Å². The lowest BCUT2D eigenvalue weighted by Crippen LogP contribution is -2.14. The van der Waals surface area contributed by atoms with Crippen LogP contribution in [-0.2, 0) is 0 Å². The number of carbonyl (C=O) groups is 1. The molecule has 2 aromatic rings. The van der Waals surface area contributed by atoms with Crippen LogP contribution in [0.2, 0.25) is 5.02 Å². The van der Waals surface area contributed by atoms with Gasteiger partial charge in [-0.15, -0.1) is 0 Å². The van der Waals surface area contributed by atoms with Gasteiger partial charge in [0.05, 0.1) is 10.7 Å². The SMILES string of the molecule is CC(C)n1ncc(Br)c1C(=O)c1cc(N)cc(Cl)c1. The largest absolute Gasteiger partial charge is 0.399 e. The van der Waals surface area contributed by atoms with Gasteiger partial charge >= 0.3 is 0 Å². The Hall–Kier alpha value is -1.33. The molecule has 0 saturated carbocycles. The molecule has 0 radical (unpaired) electrons. The van der Waals surface area contributed by atoms with Crippen LogP contribution in [0.25, 0.3) is 0 Å². The number of halogens is 2. The van der Waals surface area contributed by atoms with Gasteiger partial charge in [-0.1, -0.05) is 11.6 Å². The minimum Gasteiger partial charge on any atom is -0.399 e. The topological polar surface area (TPSA) is 60.9 Å². The van der Waals surface area contributed by atoms with Crippen LogP contribution >= 0.6 is 27.5 Å². The second kappa shape index (κ2) is 5.35. The predicted molar refractivity (Wildman–Crippen MR) is 79.6 cm³/mol. The van der Waals surface area contributed by atoms with E-state index in [1.54, 1.807) is 29.1 Å². The summed E-state index contributed by atoms with van der Waals surface area (Å²) < 4.78 is 2.33. The Balaban J connectivity index is 2.53. The number of hydrogen-bond acceptors (Lipinski definition) is 3. The lowest BCUT2D eigenvalue weighted by atomic mass is 10.1. The average Bonchev–Trinajstić information content (AvgIpc) is 2.69. The number of aromatic nitrogens is 2. The van der Waals surface area contributed by atoms with Gasteiger partial charge in [0.15, 0.2) is 0 Å².